The average Bonchev–Trinajstić information content (AvgIpc) is 2.39. The van der Waals surface area contributed by atoms with Crippen molar-refractivity contribution >= 4 is 23.1 Å². The second-order valence-electron chi connectivity index (χ2n) is 3.74. The van der Waals surface area contributed by atoms with Crippen molar-refractivity contribution in [1.29, 1.82) is 0 Å². The first kappa shape index (κ1) is 14.5. The van der Waals surface area contributed by atoms with Gasteiger partial charge in [0.1, 0.15) is 0 Å². The summed E-state index contributed by atoms with van der Waals surface area (Å²) >= 11 is 4.83. The molecule has 0 spiro atoms. The minimum absolute atomic E-state index is 0.0642. The van der Waals surface area contributed by atoms with Gasteiger partial charge < -0.3 is 15.4 Å². The summed E-state index contributed by atoms with van der Waals surface area (Å²) in [5.74, 6) is -0.0642. The van der Waals surface area contributed by atoms with Crippen molar-refractivity contribution in [3.63, 3.8) is 0 Å². The Balaban J connectivity index is 2.69. The predicted octanol–water partition coefficient (Wildman–Crippen LogP) is 0.846. The maximum Gasteiger partial charge on any atom is 0.254 e. The standard InChI is InChI=1S/C12H17N3O2S/c1-17-9-8-15(7-4-11(13)18)12(16)10-2-5-14-6-3-10/h2-3,5-6H,4,7-9H2,1H3,(H2,13,18). The number of aromatic nitrogens is 1. The number of methoxy groups -OCH3 is 1. The minimum atomic E-state index is -0.0642. The van der Waals surface area contributed by atoms with Crippen LogP contribution in [0.1, 0.15) is 16.8 Å². The Kier molecular flexibility index (Phi) is 6.24. The van der Waals surface area contributed by atoms with E-state index in [2.05, 4.69) is 4.98 Å². The molecule has 0 aliphatic rings. The van der Waals surface area contributed by atoms with E-state index in [4.69, 9.17) is 22.7 Å². The number of pyridine rings is 1. The number of rotatable bonds is 7. The van der Waals surface area contributed by atoms with E-state index in [1.807, 2.05) is 0 Å². The summed E-state index contributed by atoms with van der Waals surface area (Å²) in [6.07, 6.45) is 3.69. The van der Waals surface area contributed by atoms with Crippen LogP contribution in [0, 0.1) is 0 Å². The van der Waals surface area contributed by atoms with Gasteiger partial charge in [0.2, 0.25) is 0 Å². The summed E-state index contributed by atoms with van der Waals surface area (Å²) < 4.78 is 4.99. The van der Waals surface area contributed by atoms with Crippen molar-refractivity contribution in [2.45, 2.75) is 6.42 Å². The van der Waals surface area contributed by atoms with Crippen molar-refractivity contribution < 1.29 is 9.53 Å². The van der Waals surface area contributed by atoms with Gasteiger partial charge in [0, 0.05) is 44.6 Å². The SMILES string of the molecule is COCCN(CCC(N)=S)C(=O)c1ccncc1. The molecule has 2 N–H and O–H groups in total. The number of thiocarbonyl (C=S) groups is 1. The van der Waals surface area contributed by atoms with E-state index in [-0.39, 0.29) is 5.91 Å². The first-order valence-electron chi connectivity index (χ1n) is 5.61. The van der Waals surface area contributed by atoms with Crippen LogP contribution in [0.2, 0.25) is 0 Å². The van der Waals surface area contributed by atoms with Crippen LogP contribution >= 0.6 is 12.2 Å². The van der Waals surface area contributed by atoms with Gasteiger partial charge in [-0.2, -0.15) is 0 Å². The normalized spacial score (nSPS) is 10.1. The van der Waals surface area contributed by atoms with Gasteiger partial charge in [0.15, 0.2) is 0 Å². The highest BCUT2D eigenvalue weighted by molar-refractivity contribution is 7.80. The zero-order chi connectivity index (χ0) is 13.4. The molecule has 0 saturated carbocycles. The molecule has 0 fully saturated rings. The average molecular weight is 267 g/mol. The van der Waals surface area contributed by atoms with E-state index in [0.717, 1.165) is 0 Å². The number of hydrogen-bond acceptors (Lipinski definition) is 4. The molecule has 18 heavy (non-hydrogen) atoms. The molecule has 1 heterocycles. The lowest BCUT2D eigenvalue weighted by Gasteiger charge is -2.22. The quantitative estimate of drug-likeness (QED) is 0.742. The molecule has 0 atom stereocenters. The Morgan fingerprint density at radius 1 is 1.44 bits per heavy atom. The molecule has 0 aliphatic heterocycles. The fraction of sp³-hybridized carbons (Fsp3) is 0.417. The lowest BCUT2D eigenvalue weighted by atomic mass is 10.2. The number of hydrogen-bond donors (Lipinski definition) is 1. The van der Waals surface area contributed by atoms with Crippen LogP contribution in [0.3, 0.4) is 0 Å². The molecule has 0 aliphatic carbocycles. The number of nitrogens with zero attached hydrogens (tertiary/aromatic N) is 2. The zero-order valence-corrected chi connectivity index (χ0v) is 11.2. The number of ether oxygens (including phenoxy) is 1. The maximum absolute atomic E-state index is 12.2. The van der Waals surface area contributed by atoms with Crippen LogP contribution in [0.25, 0.3) is 0 Å². The van der Waals surface area contributed by atoms with Gasteiger partial charge in [-0.15, -0.1) is 0 Å². The molecular weight excluding hydrogens is 250 g/mol. The first-order chi connectivity index (χ1) is 8.65. The largest absolute Gasteiger partial charge is 0.393 e. The smallest absolute Gasteiger partial charge is 0.254 e. The molecule has 1 aromatic heterocycles. The third-order valence-corrected chi connectivity index (χ3v) is 2.61. The van der Waals surface area contributed by atoms with Gasteiger partial charge >= 0.3 is 0 Å². The first-order valence-corrected chi connectivity index (χ1v) is 6.02. The fourth-order valence-electron chi connectivity index (χ4n) is 1.44. The lowest BCUT2D eigenvalue weighted by Crippen LogP contribution is -2.36. The summed E-state index contributed by atoms with van der Waals surface area (Å²) in [5, 5.41) is 0. The van der Waals surface area contributed by atoms with Crippen molar-refractivity contribution in [3.05, 3.63) is 30.1 Å². The highest BCUT2D eigenvalue weighted by atomic mass is 32.1. The predicted molar refractivity (Wildman–Crippen MR) is 73.4 cm³/mol. The second-order valence-corrected chi connectivity index (χ2v) is 4.26. The third kappa shape index (κ3) is 4.77. The monoisotopic (exact) mass is 267 g/mol. The zero-order valence-electron chi connectivity index (χ0n) is 10.3. The van der Waals surface area contributed by atoms with E-state index < -0.39 is 0 Å². The van der Waals surface area contributed by atoms with E-state index in [9.17, 15) is 4.79 Å². The maximum atomic E-state index is 12.2. The van der Waals surface area contributed by atoms with Crippen LogP contribution in [0.4, 0.5) is 0 Å². The second kappa shape index (κ2) is 7.73. The molecule has 1 aromatic rings. The van der Waals surface area contributed by atoms with E-state index in [1.165, 1.54) is 0 Å². The summed E-state index contributed by atoms with van der Waals surface area (Å²) in [6, 6.07) is 3.37. The molecule has 0 bridgehead atoms. The van der Waals surface area contributed by atoms with Gasteiger partial charge in [0.25, 0.3) is 5.91 Å². The number of carbonyl (C=O) groups excluding carboxylic acids is 1. The molecule has 0 saturated heterocycles. The van der Waals surface area contributed by atoms with E-state index in [0.29, 0.717) is 36.7 Å². The van der Waals surface area contributed by atoms with E-state index >= 15 is 0 Å². The molecule has 0 unspecified atom stereocenters. The topological polar surface area (TPSA) is 68.5 Å². The summed E-state index contributed by atoms with van der Waals surface area (Å²) in [4.78, 5) is 18.2. The van der Waals surface area contributed by atoms with Crippen LogP contribution in [-0.4, -0.2) is 47.6 Å². The summed E-state index contributed by atoms with van der Waals surface area (Å²) in [6.45, 7) is 1.49. The molecule has 0 aromatic carbocycles. The minimum Gasteiger partial charge on any atom is -0.393 e. The number of nitrogens with two attached hydrogens (primary N) is 1. The van der Waals surface area contributed by atoms with Crippen LogP contribution in [0.5, 0.6) is 0 Å². The van der Waals surface area contributed by atoms with Crippen LogP contribution in [-0.2, 0) is 4.74 Å². The summed E-state index contributed by atoms with van der Waals surface area (Å²) in [5.41, 5.74) is 6.06. The Morgan fingerprint density at radius 2 is 2.11 bits per heavy atom. The van der Waals surface area contributed by atoms with Crippen LogP contribution in [0.15, 0.2) is 24.5 Å². The van der Waals surface area contributed by atoms with Crippen molar-refractivity contribution in [3.8, 4) is 0 Å². The van der Waals surface area contributed by atoms with Gasteiger partial charge in [-0.25, -0.2) is 0 Å². The highest BCUT2D eigenvalue weighted by Crippen LogP contribution is 2.04. The molecule has 1 rings (SSSR count). The number of amides is 1. The molecule has 1 amide bonds. The highest BCUT2D eigenvalue weighted by Gasteiger charge is 2.15. The fourth-order valence-corrected chi connectivity index (χ4v) is 1.53. The Hall–Kier alpha value is -1.53. The molecular formula is C12H17N3O2S. The van der Waals surface area contributed by atoms with Gasteiger partial charge in [-0.1, -0.05) is 12.2 Å². The van der Waals surface area contributed by atoms with Gasteiger partial charge in [0.05, 0.1) is 11.6 Å². The third-order valence-electron chi connectivity index (χ3n) is 2.41. The Morgan fingerprint density at radius 3 is 2.67 bits per heavy atom. The van der Waals surface area contributed by atoms with Crippen molar-refractivity contribution in [2.75, 3.05) is 26.8 Å². The van der Waals surface area contributed by atoms with E-state index in [1.54, 1.807) is 36.5 Å². The van der Waals surface area contributed by atoms with Crippen LogP contribution < -0.4 is 5.73 Å². The summed E-state index contributed by atoms with van der Waals surface area (Å²) in [7, 11) is 1.60. The Bertz CT molecular complexity index is 398. The molecule has 5 nitrogen and oxygen atoms in total. The van der Waals surface area contributed by atoms with Crippen molar-refractivity contribution in [1.82, 2.24) is 9.88 Å². The molecule has 0 radical (unpaired) electrons. The Labute approximate surface area is 112 Å². The lowest BCUT2D eigenvalue weighted by molar-refractivity contribution is 0.0701. The molecule has 98 valence electrons. The van der Waals surface area contributed by atoms with Gasteiger partial charge in [-0.05, 0) is 12.1 Å². The molecule has 6 heteroatoms. The van der Waals surface area contributed by atoms with Crippen molar-refractivity contribution in [2.24, 2.45) is 5.73 Å². The van der Waals surface area contributed by atoms with Gasteiger partial charge in [-0.3, -0.25) is 9.78 Å². The number of carbonyl (C=O) groups is 1.